The van der Waals surface area contributed by atoms with Crippen molar-refractivity contribution in [3.8, 4) is 0 Å². The van der Waals surface area contributed by atoms with Gasteiger partial charge in [0.1, 0.15) is 5.69 Å². The number of aliphatic hydroxyl groups is 1. The number of hydrogen-bond donors (Lipinski definition) is 3. The number of anilines is 2. The second kappa shape index (κ2) is 7.48. The van der Waals surface area contributed by atoms with E-state index in [1.807, 2.05) is 12.1 Å². The summed E-state index contributed by atoms with van der Waals surface area (Å²) < 4.78 is 27.0. The average Bonchev–Trinajstić information content (AvgIpc) is 2.62. The van der Waals surface area contributed by atoms with Gasteiger partial charge in [0, 0.05) is 24.3 Å². The third-order valence-corrected chi connectivity index (χ3v) is 4.22. The summed E-state index contributed by atoms with van der Waals surface area (Å²) in [5.41, 5.74) is 5.49. The highest BCUT2D eigenvalue weighted by atomic mass is 19.1. The summed E-state index contributed by atoms with van der Waals surface area (Å²) in [5.74, 6) is -2.07. The van der Waals surface area contributed by atoms with Crippen LogP contribution in [0.5, 0.6) is 0 Å². The lowest BCUT2D eigenvalue weighted by Gasteiger charge is -2.31. The van der Waals surface area contributed by atoms with E-state index in [2.05, 4.69) is 15.8 Å². The molecule has 0 unspecified atom stereocenters. The fourth-order valence-electron chi connectivity index (χ4n) is 2.76. The minimum Gasteiger partial charge on any atom is -0.393 e. The summed E-state index contributed by atoms with van der Waals surface area (Å²) in [4.78, 5) is 14.2. The number of nitrogens with zero attached hydrogens (tertiary/aromatic N) is 1. The number of halogens is 2. The molecule has 0 radical (unpaired) electrons. The van der Waals surface area contributed by atoms with Crippen LogP contribution in [-0.4, -0.2) is 30.2 Å². The lowest BCUT2D eigenvalue weighted by Crippen LogP contribution is -2.35. The maximum absolute atomic E-state index is 13.5. The normalized spacial score (nSPS) is 15.1. The summed E-state index contributed by atoms with van der Waals surface area (Å²) >= 11 is 0. The molecule has 1 aliphatic heterocycles. The van der Waals surface area contributed by atoms with Gasteiger partial charge in [-0.25, -0.2) is 8.78 Å². The minimum absolute atomic E-state index is 0.244. The lowest BCUT2D eigenvalue weighted by atomic mass is 10.1. The quantitative estimate of drug-likeness (QED) is 0.744. The molecule has 0 saturated carbocycles. The molecule has 2 aromatic rings. The largest absolute Gasteiger partial charge is 0.393 e. The number of piperidine rings is 1. The molecule has 3 N–H and O–H groups in total. The molecule has 1 aliphatic rings. The Balaban J connectivity index is 1.61. The van der Waals surface area contributed by atoms with E-state index in [1.54, 1.807) is 12.1 Å². The fraction of sp³-hybridized carbons (Fsp3) is 0.278. The molecule has 1 amide bonds. The van der Waals surface area contributed by atoms with E-state index in [-0.39, 0.29) is 6.10 Å². The van der Waals surface area contributed by atoms with E-state index in [0.29, 0.717) is 5.56 Å². The molecular formula is C18H19F2N3O2. The Hall–Kier alpha value is -2.67. The molecule has 25 heavy (non-hydrogen) atoms. The molecule has 5 nitrogen and oxygen atoms in total. The lowest BCUT2D eigenvalue weighted by molar-refractivity contribution is 0.0962. The molecular weight excluding hydrogens is 328 g/mol. The smallest absolute Gasteiger partial charge is 0.269 e. The van der Waals surface area contributed by atoms with Crippen LogP contribution in [0.3, 0.4) is 0 Å². The van der Waals surface area contributed by atoms with E-state index < -0.39 is 23.2 Å². The number of carbonyl (C=O) groups is 1. The molecule has 1 heterocycles. The molecule has 0 aromatic heterocycles. The zero-order valence-corrected chi connectivity index (χ0v) is 13.5. The molecule has 0 bridgehead atoms. The molecule has 1 fully saturated rings. The van der Waals surface area contributed by atoms with Gasteiger partial charge in [0.05, 0.1) is 6.10 Å². The number of amides is 1. The zero-order chi connectivity index (χ0) is 17.8. The van der Waals surface area contributed by atoms with E-state index in [4.69, 9.17) is 0 Å². The van der Waals surface area contributed by atoms with Crippen LogP contribution in [0.4, 0.5) is 20.2 Å². The third kappa shape index (κ3) is 4.06. The van der Waals surface area contributed by atoms with Crippen molar-refractivity contribution in [2.45, 2.75) is 18.9 Å². The van der Waals surface area contributed by atoms with E-state index in [1.165, 1.54) is 6.07 Å². The first-order chi connectivity index (χ1) is 12.0. The molecule has 0 atom stereocenters. The van der Waals surface area contributed by atoms with Crippen LogP contribution in [0.25, 0.3) is 0 Å². The summed E-state index contributed by atoms with van der Waals surface area (Å²) in [6.45, 7) is 1.53. The van der Waals surface area contributed by atoms with Crippen molar-refractivity contribution in [1.29, 1.82) is 0 Å². The van der Waals surface area contributed by atoms with Crippen LogP contribution in [-0.2, 0) is 0 Å². The molecule has 132 valence electrons. The summed E-state index contributed by atoms with van der Waals surface area (Å²) in [6, 6.07) is 10.4. The van der Waals surface area contributed by atoms with Crippen LogP contribution in [0.1, 0.15) is 23.2 Å². The first-order valence-electron chi connectivity index (χ1n) is 8.08. The number of benzene rings is 2. The predicted octanol–water partition coefficient (Wildman–Crippen LogP) is 2.68. The number of hydrogen-bond acceptors (Lipinski definition) is 4. The van der Waals surface area contributed by atoms with Crippen molar-refractivity contribution in [3.05, 3.63) is 59.7 Å². The minimum atomic E-state index is -0.789. The van der Waals surface area contributed by atoms with E-state index in [0.717, 1.165) is 43.8 Å². The number of carbonyl (C=O) groups excluding carboxylic acids is 1. The summed E-state index contributed by atoms with van der Waals surface area (Å²) in [5, 5.41) is 9.54. The molecule has 2 aromatic carbocycles. The van der Waals surface area contributed by atoms with E-state index in [9.17, 15) is 18.7 Å². The van der Waals surface area contributed by atoms with Gasteiger partial charge in [0.25, 0.3) is 5.91 Å². The van der Waals surface area contributed by atoms with Crippen molar-refractivity contribution in [3.63, 3.8) is 0 Å². The Morgan fingerprint density at radius 1 is 1.04 bits per heavy atom. The van der Waals surface area contributed by atoms with Gasteiger partial charge >= 0.3 is 0 Å². The van der Waals surface area contributed by atoms with Crippen molar-refractivity contribution >= 4 is 17.3 Å². The van der Waals surface area contributed by atoms with Crippen molar-refractivity contribution in [1.82, 2.24) is 5.43 Å². The Kier molecular flexibility index (Phi) is 5.14. The van der Waals surface area contributed by atoms with Gasteiger partial charge in [-0.2, -0.15) is 0 Å². The Morgan fingerprint density at radius 2 is 1.64 bits per heavy atom. The van der Waals surface area contributed by atoms with Gasteiger partial charge in [-0.15, -0.1) is 0 Å². The molecule has 3 rings (SSSR count). The molecule has 1 saturated heterocycles. The van der Waals surface area contributed by atoms with Gasteiger partial charge in [-0.3, -0.25) is 15.6 Å². The topological polar surface area (TPSA) is 64.6 Å². The van der Waals surface area contributed by atoms with Crippen LogP contribution >= 0.6 is 0 Å². The molecule has 0 spiro atoms. The Labute approximate surface area is 144 Å². The van der Waals surface area contributed by atoms with Crippen molar-refractivity contribution in [2.24, 2.45) is 0 Å². The summed E-state index contributed by atoms with van der Waals surface area (Å²) in [7, 11) is 0. The van der Waals surface area contributed by atoms with Gasteiger partial charge in [-0.1, -0.05) is 6.07 Å². The Morgan fingerprint density at radius 3 is 2.24 bits per heavy atom. The average molecular weight is 347 g/mol. The maximum atomic E-state index is 13.5. The van der Waals surface area contributed by atoms with Crippen LogP contribution in [0.2, 0.25) is 0 Å². The standard InChI is InChI=1S/C18H19F2N3O2/c19-15-2-1-3-16(20)17(15)21-22-18(25)12-4-6-13(7-5-12)23-10-8-14(24)9-11-23/h1-7,14,21,24H,8-11H2,(H,22,25). The van der Waals surface area contributed by atoms with Gasteiger partial charge in [0.15, 0.2) is 11.6 Å². The molecule has 0 aliphatic carbocycles. The fourth-order valence-corrected chi connectivity index (χ4v) is 2.76. The summed E-state index contributed by atoms with van der Waals surface area (Å²) in [6.07, 6.45) is 1.20. The third-order valence-electron chi connectivity index (χ3n) is 4.22. The SMILES string of the molecule is O=C(NNc1c(F)cccc1F)c1ccc(N2CCC(O)CC2)cc1. The first-order valence-corrected chi connectivity index (χ1v) is 8.08. The van der Waals surface area contributed by atoms with Crippen LogP contribution in [0, 0.1) is 11.6 Å². The first kappa shape index (κ1) is 17.2. The highest BCUT2D eigenvalue weighted by Crippen LogP contribution is 2.21. The maximum Gasteiger partial charge on any atom is 0.269 e. The van der Waals surface area contributed by atoms with Gasteiger partial charge in [0.2, 0.25) is 0 Å². The second-order valence-corrected chi connectivity index (χ2v) is 5.94. The number of para-hydroxylation sites is 1. The highest BCUT2D eigenvalue weighted by Gasteiger charge is 2.17. The van der Waals surface area contributed by atoms with Crippen molar-refractivity contribution in [2.75, 3.05) is 23.4 Å². The number of aliphatic hydroxyl groups excluding tert-OH is 1. The van der Waals surface area contributed by atoms with E-state index >= 15 is 0 Å². The van der Waals surface area contributed by atoms with Crippen LogP contribution < -0.4 is 15.8 Å². The predicted molar refractivity (Wildman–Crippen MR) is 91.3 cm³/mol. The Bertz CT molecular complexity index is 724. The van der Waals surface area contributed by atoms with Gasteiger partial charge < -0.3 is 10.0 Å². The zero-order valence-electron chi connectivity index (χ0n) is 13.5. The number of hydrazine groups is 1. The number of rotatable bonds is 4. The van der Waals surface area contributed by atoms with Crippen molar-refractivity contribution < 1.29 is 18.7 Å². The second-order valence-electron chi connectivity index (χ2n) is 5.94. The molecule has 7 heteroatoms. The van der Waals surface area contributed by atoms with Crippen LogP contribution in [0.15, 0.2) is 42.5 Å². The van der Waals surface area contributed by atoms with Gasteiger partial charge in [-0.05, 0) is 49.2 Å². The monoisotopic (exact) mass is 347 g/mol. The number of nitrogens with one attached hydrogen (secondary N) is 2. The highest BCUT2D eigenvalue weighted by molar-refractivity contribution is 5.95.